The van der Waals surface area contributed by atoms with Crippen molar-refractivity contribution in [3.05, 3.63) is 75.3 Å². The zero-order valence-corrected chi connectivity index (χ0v) is 19.1. The fourth-order valence-corrected chi connectivity index (χ4v) is 3.87. The van der Waals surface area contributed by atoms with Crippen LogP contribution in [0.4, 0.5) is 11.4 Å². The molecule has 0 aliphatic rings. The molecule has 33 heavy (non-hydrogen) atoms. The van der Waals surface area contributed by atoms with E-state index in [1.54, 1.807) is 36.4 Å². The van der Waals surface area contributed by atoms with Gasteiger partial charge in [0.05, 0.1) is 23.5 Å². The molecule has 0 spiro atoms. The molecule has 3 rings (SSSR count). The Morgan fingerprint density at radius 3 is 1.61 bits per heavy atom. The van der Waals surface area contributed by atoms with Crippen molar-refractivity contribution in [3.8, 4) is 17.2 Å². The van der Waals surface area contributed by atoms with E-state index >= 15 is 0 Å². The molecule has 3 aromatic carbocycles. The number of nitrogen functional groups attached to an aromatic ring is 2. The van der Waals surface area contributed by atoms with Crippen LogP contribution in [0, 0.1) is 13.8 Å². The second-order valence-electron chi connectivity index (χ2n) is 8.36. The van der Waals surface area contributed by atoms with Gasteiger partial charge in [-0.25, -0.2) is 4.79 Å². The van der Waals surface area contributed by atoms with E-state index in [0.29, 0.717) is 28.7 Å². The fourth-order valence-electron chi connectivity index (χ4n) is 3.87. The average Bonchev–Trinajstić information content (AvgIpc) is 2.75. The molecule has 3 aromatic rings. The highest BCUT2D eigenvalue weighted by molar-refractivity contribution is 5.90. The van der Waals surface area contributed by atoms with Gasteiger partial charge in [0.25, 0.3) is 0 Å². The van der Waals surface area contributed by atoms with Crippen LogP contribution in [0.1, 0.15) is 57.1 Å². The van der Waals surface area contributed by atoms with E-state index in [4.69, 9.17) is 16.2 Å². The van der Waals surface area contributed by atoms with Crippen molar-refractivity contribution in [2.75, 3.05) is 18.1 Å². The summed E-state index contributed by atoms with van der Waals surface area (Å²) in [5, 5.41) is 31.9. The normalized spacial score (nSPS) is 10.9. The number of aromatic hydroxyl groups is 3. The number of carbonyl (C=O) groups excluding carboxylic acids is 1. The Bertz CT molecular complexity index is 1120. The number of anilines is 2. The Morgan fingerprint density at radius 2 is 1.18 bits per heavy atom. The summed E-state index contributed by atoms with van der Waals surface area (Å²) >= 11 is 0. The first-order valence-electron chi connectivity index (χ1n) is 10.8. The van der Waals surface area contributed by atoms with Crippen molar-refractivity contribution < 1.29 is 24.9 Å². The van der Waals surface area contributed by atoms with Gasteiger partial charge in [-0.15, -0.1) is 0 Å². The number of nitrogens with two attached hydrogens (primary N) is 2. The molecular formula is C26H30N2O5. The maximum atomic E-state index is 12.6. The molecule has 0 fully saturated rings. The first-order chi connectivity index (χ1) is 15.6. The first kappa shape index (κ1) is 23.8. The number of ether oxygens (including phenoxy) is 1. The zero-order chi connectivity index (χ0) is 24.3. The zero-order valence-electron chi connectivity index (χ0n) is 19.1. The lowest BCUT2D eigenvalue weighted by atomic mass is 9.93. The van der Waals surface area contributed by atoms with E-state index in [2.05, 4.69) is 0 Å². The minimum Gasteiger partial charge on any atom is -0.507 e. The minimum absolute atomic E-state index is 0.0407. The number of benzene rings is 3. The highest BCUT2D eigenvalue weighted by Crippen LogP contribution is 2.36. The Hall–Kier alpha value is -3.87. The Labute approximate surface area is 193 Å². The number of hydrogen-bond donors (Lipinski definition) is 5. The highest BCUT2D eigenvalue weighted by atomic mass is 16.5. The van der Waals surface area contributed by atoms with Crippen molar-refractivity contribution in [3.63, 3.8) is 0 Å². The smallest absolute Gasteiger partial charge is 0.338 e. The summed E-state index contributed by atoms with van der Waals surface area (Å²) < 4.78 is 5.29. The molecule has 0 aromatic heterocycles. The molecule has 0 radical (unpaired) electrons. The SMILES string of the molecule is CCCOC(=O)c1cc(Cc2cc(C)cc(N)c2O)c(O)c(Cc2cc(C)cc(N)c2O)c1. The van der Waals surface area contributed by atoms with E-state index in [1.165, 1.54) is 0 Å². The third-order valence-corrected chi connectivity index (χ3v) is 5.43. The monoisotopic (exact) mass is 450 g/mol. The molecule has 0 saturated carbocycles. The summed E-state index contributed by atoms with van der Waals surface area (Å²) in [7, 11) is 0. The Balaban J connectivity index is 2.10. The van der Waals surface area contributed by atoms with Gasteiger partial charge in [-0.2, -0.15) is 0 Å². The van der Waals surface area contributed by atoms with Gasteiger partial charge in [-0.3, -0.25) is 0 Å². The van der Waals surface area contributed by atoms with Crippen LogP contribution < -0.4 is 11.5 Å². The Morgan fingerprint density at radius 1 is 0.758 bits per heavy atom. The largest absolute Gasteiger partial charge is 0.507 e. The predicted molar refractivity (Wildman–Crippen MR) is 129 cm³/mol. The molecule has 7 heteroatoms. The maximum absolute atomic E-state index is 12.6. The highest BCUT2D eigenvalue weighted by Gasteiger charge is 2.19. The maximum Gasteiger partial charge on any atom is 0.338 e. The van der Waals surface area contributed by atoms with Crippen LogP contribution in [0.5, 0.6) is 17.2 Å². The van der Waals surface area contributed by atoms with Gasteiger partial charge >= 0.3 is 5.97 Å². The summed E-state index contributed by atoms with van der Waals surface area (Å²) in [6, 6.07) is 9.99. The molecule has 0 saturated heterocycles. The quantitative estimate of drug-likeness (QED) is 0.205. The van der Waals surface area contributed by atoms with Crippen LogP contribution in [0.3, 0.4) is 0 Å². The van der Waals surface area contributed by atoms with Crippen molar-refractivity contribution in [2.24, 2.45) is 0 Å². The summed E-state index contributed by atoms with van der Waals surface area (Å²) in [6.07, 6.45) is 0.969. The lowest BCUT2D eigenvalue weighted by molar-refractivity contribution is 0.0505. The van der Waals surface area contributed by atoms with E-state index in [0.717, 1.165) is 11.1 Å². The van der Waals surface area contributed by atoms with Gasteiger partial charge < -0.3 is 31.5 Å². The van der Waals surface area contributed by atoms with Crippen LogP contribution in [-0.2, 0) is 17.6 Å². The second-order valence-corrected chi connectivity index (χ2v) is 8.36. The van der Waals surface area contributed by atoms with Crippen molar-refractivity contribution >= 4 is 17.3 Å². The number of phenols is 3. The average molecular weight is 451 g/mol. The number of rotatable bonds is 7. The van der Waals surface area contributed by atoms with E-state index in [1.807, 2.05) is 20.8 Å². The summed E-state index contributed by atoms with van der Waals surface area (Å²) in [5.41, 5.74) is 16.2. The van der Waals surface area contributed by atoms with Crippen molar-refractivity contribution in [1.29, 1.82) is 0 Å². The number of phenolic OH excluding ortho intramolecular Hbond substituents is 3. The van der Waals surface area contributed by atoms with Gasteiger partial charge in [0, 0.05) is 24.0 Å². The molecular weight excluding hydrogens is 420 g/mol. The number of aryl methyl sites for hydroxylation is 2. The third kappa shape index (κ3) is 5.31. The van der Waals surface area contributed by atoms with Crippen LogP contribution in [0.25, 0.3) is 0 Å². The van der Waals surface area contributed by atoms with E-state index in [9.17, 15) is 20.1 Å². The molecule has 0 heterocycles. The standard InChI is InChI=1S/C26H30N2O5/c1-4-5-33-26(32)20-12-18(10-16-6-14(2)8-21(27)24(16)30)23(29)19(13-20)11-17-7-15(3)9-22(28)25(17)31/h6-9,12-13,29-31H,4-5,10-11,27-28H2,1-3H3. The van der Waals surface area contributed by atoms with E-state index < -0.39 is 5.97 Å². The Kier molecular flexibility index (Phi) is 7.01. The molecule has 7 nitrogen and oxygen atoms in total. The summed E-state index contributed by atoms with van der Waals surface area (Å²) in [5.74, 6) is -0.685. The van der Waals surface area contributed by atoms with Crippen LogP contribution >= 0.6 is 0 Å². The fraction of sp³-hybridized carbons (Fsp3) is 0.269. The number of hydrogen-bond acceptors (Lipinski definition) is 7. The third-order valence-electron chi connectivity index (χ3n) is 5.43. The second kappa shape index (κ2) is 9.73. The van der Waals surface area contributed by atoms with Gasteiger partial charge in [-0.05, 0) is 66.8 Å². The first-order valence-corrected chi connectivity index (χ1v) is 10.8. The lowest BCUT2D eigenvalue weighted by Crippen LogP contribution is -2.08. The van der Waals surface area contributed by atoms with Crippen molar-refractivity contribution in [1.82, 2.24) is 0 Å². The van der Waals surface area contributed by atoms with Gasteiger partial charge in [0.15, 0.2) is 0 Å². The van der Waals surface area contributed by atoms with Crippen LogP contribution in [0.15, 0.2) is 36.4 Å². The van der Waals surface area contributed by atoms with Gasteiger partial charge in [0.1, 0.15) is 17.2 Å². The molecule has 0 amide bonds. The predicted octanol–water partition coefficient (Wildman–Crippen LogP) is 4.33. The molecule has 0 unspecified atom stereocenters. The molecule has 0 bridgehead atoms. The van der Waals surface area contributed by atoms with Crippen molar-refractivity contribution in [2.45, 2.75) is 40.0 Å². The van der Waals surface area contributed by atoms with Gasteiger partial charge in [0.2, 0.25) is 0 Å². The summed E-state index contributed by atoms with van der Waals surface area (Å²) in [4.78, 5) is 12.6. The van der Waals surface area contributed by atoms with Crippen LogP contribution in [-0.4, -0.2) is 27.9 Å². The lowest BCUT2D eigenvalue weighted by Gasteiger charge is -2.16. The minimum atomic E-state index is -0.514. The topological polar surface area (TPSA) is 139 Å². The van der Waals surface area contributed by atoms with Crippen LogP contribution in [0.2, 0.25) is 0 Å². The molecule has 0 aliphatic heterocycles. The molecule has 0 atom stereocenters. The number of carbonyl (C=O) groups is 1. The van der Waals surface area contributed by atoms with Gasteiger partial charge in [-0.1, -0.05) is 19.1 Å². The summed E-state index contributed by atoms with van der Waals surface area (Å²) in [6.45, 7) is 5.88. The molecule has 0 aliphatic carbocycles. The molecule has 174 valence electrons. The molecule has 7 N–H and O–H groups in total. The van der Waals surface area contributed by atoms with E-state index in [-0.39, 0.29) is 53.6 Å². The number of esters is 1.